The smallest absolute Gasteiger partial charge is 0.206 e. The van der Waals surface area contributed by atoms with Crippen molar-refractivity contribution in [2.45, 2.75) is 4.90 Å². The number of hydrogen-bond acceptors (Lipinski definition) is 2. The molecule has 1 N–H and O–H groups in total. The Kier molecular flexibility index (Phi) is 3.59. The van der Waals surface area contributed by atoms with Gasteiger partial charge in [-0.3, -0.25) is 0 Å². The van der Waals surface area contributed by atoms with Gasteiger partial charge in [0.05, 0.1) is 5.02 Å². The zero-order valence-corrected chi connectivity index (χ0v) is 10.0. The fourth-order valence-electron chi connectivity index (χ4n) is 0.735. The molecule has 0 atom stereocenters. The molecule has 0 radical (unpaired) electrons. The van der Waals surface area contributed by atoms with Gasteiger partial charge in [0.1, 0.15) is 4.90 Å². The summed E-state index contributed by atoms with van der Waals surface area (Å²) >= 11 is 13.9. The van der Waals surface area contributed by atoms with Gasteiger partial charge in [-0.05, 0) is 18.2 Å². The Morgan fingerprint density at radius 3 is 2.38 bits per heavy atom. The van der Waals surface area contributed by atoms with Crippen molar-refractivity contribution in [2.75, 3.05) is 0 Å². The van der Waals surface area contributed by atoms with Crippen LogP contribution in [0.5, 0.6) is 0 Å². The van der Waals surface area contributed by atoms with Crippen molar-refractivity contribution < 1.29 is 8.42 Å². The summed E-state index contributed by atoms with van der Waals surface area (Å²) in [7, 11) is -3.57. The standard InChI is InChI=1S/C6H4BrCl2NO2S/c7-10-13(11,12)6-2-1-4(8)3-5(6)9/h1-3,10H. The van der Waals surface area contributed by atoms with Gasteiger partial charge < -0.3 is 0 Å². The van der Waals surface area contributed by atoms with Gasteiger partial charge >= 0.3 is 0 Å². The Balaban J connectivity index is 3.33. The summed E-state index contributed by atoms with van der Waals surface area (Å²) in [5.41, 5.74) is 0. The minimum Gasteiger partial charge on any atom is -0.206 e. The van der Waals surface area contributed by atoms with E-state index in [-0.39, 0.29) is 9.92 Å². The normalized spacial score (nSPS) is 11.6. The SMILES string of the molecule is O=S(=O)(NBr)c1ccc(Cl)cc1Cl. The Labute approximate surface area is 94.4 Å². The van der Waals surface area contributed by atoms with Crippen LogP contribution in [0.25, 0.3) is 0 Å². The summed E-state index contributed by atoms with van der Waals surface area (Å²) in [6, 6.07) is 4.14. The first-order chi connectivity index (χ1) is 5.97. The van der Waals surface area contributed by atoms with E-state index < -0.39 is 10.0 Å². The molecule has 13 heavy (non-hydrogen) atoms. The Morgan fingerprint density at radius 2 is 1.92 bits per heavy atom. The van der Waals surface area contributed by atoms with E-state index in [2.05, 4.69) is 16.1 Å². The highest BCUT2D eigenvalue weighted by molar-refractivity contribution is 9.09. The highest BCUT2D eigenvalue weighted by atomic mass is 79.9. The number of sulfonamides is 1. The zero-order valence-electron chi connectivity index (χ0n) is 6.09. The fraction of sp³-hybridized carbons (Fsp3) is 0. The lowest BCUT2D eigenvalue weighted by molar-refractivity contribution is 0.595. The van der Waals surface area contributed by atoms with Crippen LogP contribution in [0.15, 0.2) is 23.1 Å². The van der Waals surface area contributed by atoms with Crippen molar-refractivity contribution in [3.8, 4) is 0 Å². The quantitative estimate of drug-likeness (QED) is 0.854. The Morgan fingerprint density at radius 1 is 1.31 bits per heavy atom. The third-order valence-corrected chi connectivity index (χ3v) is 4.36. The van der Waals surface area contributed by atoms with Gasteiger partial charge in [-0.1, -0.05) is 23.2 Å². The molecular weight excluding hydrogens is 301 g/mol. The van der Waals surface area contributed by atoms with Crippen LogP contribution >= 0.6 is 39.3 Å². The summed E-state index contributed by atoms with van der Waals surface area (Å²) in [4.78, 5) is -0.0181. The van der Waals surface area contributed by atoms with Gasteiger partial charge in [0.25, 0.3) is 10.0 Å². The maximum Gasteiger partial charge on any atom is 0.251 e. The summed E-state index contributed by atoms with van der Waals surface area (Å²) in [6.45, 7) is 0. The molecule has 1 aromatic rings. The highest BCUT2D eigenvalue weighted by Crippen LogP contribution is 2.24. The topological polar surface area (TPSA) is 46.2 Å². The first-order valence-corrected chi connectivity index (χ1v) is 6.08. The molecule has 0 saturated carbocycles. The molecule has 7 heteroatoms. The van der Waals surface area contributed by atoms with E-state index in [0.29, 0.717) is 5.02 Å². The van der Waals surface area contributed by atoms with Crippen LogP contribution < -0.4 is 3.75 Å². The molecule has 0 saturated heterocycles. The number of halogens is 3. The predicted octanol–water partition coefficient (Wildman–Crippen LogP) is 2.58. The number of hydrogen-bond donors (Lipinski definition) is 1. The molecule has 0 unspecified atom stereocenters. The third-order valence-electron chi connectivity index (χ3n) is 1.29. The average Bonchev–Trinajstić information content (AvgIpc) is 2.03. The Hall–Kier alpha value is 0.190. The van der Waals surface area contributed by atoms with E-state index in [1.54, 1.807) is 0 Å². The van der Waals surface area contributed by atoms with Crippen molar-refractivity contribution in [3.63, 3.8) is 0 Å². The van der Waals surface area contributed by atoms with Crippen LogP contribution in [0.1, 0.15) is 0 Å². The molecule has 0 aromatic heterocycles. The van der Waals surface area contributed by atoms with E-state index in [1.165, 1.54) is 18.2 Å². The van der Waals surface area contributed by atoms with Crippen molar-refractivity contribution in [3.05, 3.63) is 28.2 Å². The number of benzene rings is 1. The maximum absolute atomic E-state index is 11.2. The largest absolute Gasteiger partial charge is 0.251 e. The summed E-state index contributed by atoms with van der Waals surface area (Å²) < 4.78 is 24.5. The molecule has 0 fully saturated rings. The maximum atomic E-state index is 11.2. The van der Waals surface area contributed by atoms with Crippen LogP contribution in [0.2, 0.25) is 10.0 Å². The lowest BCUT2D eigenvalue weighted by Gasteiger charge is -2.03. The van der Waals surface area contributed by atoms with E-state index >= 15 is 0 Å². The van der Waals surface area contributed by atoms with Gasteiger partial charge in [-0.2, -0.15) is 0 Å². The molecule has 1 aromatic carbocycles. The molecule has 0 amide bonds. The van der Waals surface area contributed by atoms with Crippen LogP contribution in [0.4, 0.5) is 0 Å². The second kappa shape index (κ2) is 4.14. The zero-order chi connectivity index (χ0) is 10.1. The van der Waals surface area contributed by atoms with E-state index in [4.69, 9.17) is 23.2 Å². The minimum atomic E-state index is -3.57. The monoisotopic (exact) mass is 303 g/mol. The lowest BCUT2D eigenvalue weighted by Crippen LogP contribution is -2.13. The van der Waals surface area contributed by atoms with Crippen molar-refractivity contribution in [1.29, 1.82) is 0 Å². The molecule has 0 aliphatic heterocycles. The van der Waals surface area contributed by atoms with Gasteiger partial charge in [0.15, 0.2) is 0 Å². The second-order valence-corrected chi connectivity index (χ2v) is 5.57. The molecule has 0 aliphatic rings. The lowest BCUT2D eigenvalue weighted by atomic mass is 10.4. The van der Waals surface area contributed by atoms with Gasteiger partial charge in [0, 0.05) is 21.2 Å². The molecule has 1 rings (SSSR count). The van der Waals surface area contributed by atoms with Crippen molar-refractivity contribution in [1.82, 2.24) is 3.75 Å². The molecule has 0 aliphatic carbocycles. The summed E-state index contributed by atoms with van der Waals surface area (Å²) in [5, 5.41) is 0.470. The molecule has 0 bridgehead atoms. The molecular formula is C6H4BrCl2NO2S. The van der Waals surface area contributed by atoms with Crippen LogP contribution in [-0.2, 0) is 10.0 Å². The third kappa shape index (κ3) is 2.57. The summed E-state index contributed by atoms with van der Waals surface area (Å²) in [6.07, 6.45) is 0. The van der Waals surface area contributed by atoms with Crippen molar-refractivity contribution in [2.24, 2.45) is 0 Å². The number of nitrogens with one attached hydrogen (secondary N) is 1. The average molecular weight is 305 g/mol. The van der Waals surface area contributed by atoms with Gasteiger partial charge in [0.2, 0.25) is 0 Å². The predicted molar refractivity (Wildman–Crippen MR) is 55.7 cm³/mol. The van der Waals surface area contributed by atoms with E-state index in [9.17, 15) is 8.42 Å². The summed E-state index contributed by atoms with van der Waals surface area (Å²) in [5.74, 6) is 0. The molecule has 3 nitrogen and oxygen atoms in total. The first kappa shape index (κ1) is 11.3. The first-order valence-electron chi connectivity index (χ1n) is 3.05. The second-order valence-electron chi connectivity index (χ2n) is 2.16. The fourth-order valence-corrected chi connectivity index (χ4v) is 2.62. The van der Waals surface area contributed by atoms with E-state index in [1.807, 2.05) is 3.75 Å². The molecule has 72 valence electrons. The number of rotatable bonds is 2. The Bertz CT molecular complexity index is 421. The molecule has 0 heterocycles. The van der Waals surface area contributed by atoms with Crippen molar-refractivity contribution >= 4 is 49.4 Å². The van der Waals surface area contributed by atoms with Gasteiger partial charge in [-0.15, -0.1) is 3.75 Å². The van der Waals surface area contributed by atoms with Crippen LogP contribution in [0, 0.1) is 0 Å². The van der Waals surface area contributed by atoms with E-state index in [0.717, 1.165) is 0 Å². The van der Waals surface area contributed by atoms with Gasteiger partial charge in [-0.25, -0.2) is 8.42 Å². The minimum absolute atomic E-state index is 0.0181. The van der Waals surface area contributed by atoms with Crippen LogP contribution in [0.3, 0.4) is 0 Å². The van der Waals surface area contributed by atoms with Crippen LogP contribution in [-0.4, -0.2) is 8.42 Å². The molecule has 0 spiro atoms. The highest BCUT2D eigenvalue weighted by Gasteiger charge is 2.16.